The molecule has 0 saturated carbocycles. The number of amides is 1. The third-order valence-electron chi connectivity index (χ3n) is 4.04. The Bertz CT molecular complexity index is 818. The minimum Gasteiger partial charge on any atom is -0.302 e. The van der Waals surface area contributed by atoms with Crippen LogP contribution >= 0.6 is 11.8 Å². The van der Waals surface area contributed by atoms with Crippen molar-refractivity contribution in [1.82, 2.24) is 9.78 Å². The molecule has 24 heavy (non-hydrogen) atoms. The molecule has 1 atom stereocenters. The molecule has 1 aliphatic rings. The molecule has 0 saturated heterocycles. The van der Waals surface area contributed by atoms with Gasteiger partial charge in [0.05, 0.1) is 10.6 Å². The van der Waals surface area contributed by atoms with Crippen molar-refractivity contribution in [3.8, 4) is 0 Å². The Hall–Kier alpha value is -2.35. The fourth-order valence-electron chi connectivity index (χ4n) is 2.96. The van der Waals surface area contributed by atoms with E-state index in [1.165, 1.54) is 4.68 Å². The van der Waals surface area contributed by atoms with Crippen LogP contribution in [0, 0.1) is 17.0 Å². The van der Waals surface area contributed by atoms with Crippen molar-refractivity contribution in [2.75, 3.05) is 10.7 Å². The van der Waals surface area contributed by atoms with Crippen molar-refractivity contribution in [3.05, 3.63) is 45.8 Å². The number of carbonyl (C=O) groups is 1. The van der Waals surface area contributed by atoms with Gasteiger partial charge in [-0.15, -0.1) is 11.8 Å². The summed E-state index contributed by atoms with van der Waals surface area (Å²) in [5.41, 5.74) is 0.901. The van der Waals surface area contributed by atoms with E-state index in [9.17, 15) is 14.9 Å². The van der Waals surface area contributed by atoms with Gasteiger partial charge in [-0.25, -0.2) is 0 Å². The predicted molar refractivity (Wildman–Crippen MR) is 92.7 cm³/mol. The summed E-state index contributed by atoms with van der Waals surface area (Å²) in [7, 11) is 0. The van der Waals surface area contributed by atoms with Crippen LogP contribution in [0.15, 0.2) is 29.2 Å². The number of benzene rings is 1. The summed E-state index contributed by atoms with van der Waals surface area (Å²) in [5, 5.41) is 15.6. The number of para-hydroxylation sites is 1. The maximum Gasteiger partial charge on any atom is 0.322 e. The third kappa shape index (κ3) is 2.56. The standard InChI is InChI=1S/C16H18N4O3S/c1-4-18-15(14(20(22)23)11(3)17-18)16(21)19-10(2)9-24-13-8-6-5-7-12(13)19/h5-8,10H,4,9H2,1-3H3/t10-/m1/s1. The summed E-state index contributed by atoms with van der Waals surface area (Å²) in [6.07, 6.45) is 0. The molecule has 0 fully saturated rings. The van der Waals surface area contributed by atoms with Crippen LogP contribution in [-0.4, -0.2) is 32.4 Å². The van der Waals surface area contributed by atoms with Crippen LogP contribution in [0.2, 0.25) is 0 Å². The highest BCUT2D eigenvalue weighted by molar-refractivity contribution is 7.99. The monoisotopic (exact) mass is 346 g/mol. The first-order chi connectivity index (χ1) is 11.5. The van der Waals surface area contributed by atoms with Gasteiger partial charge in [0.25, 0.3) is 5.91 Å². The molecule has 1 amide bonds. The topological polar surface area (TPSA) is 81.3 Å². The van der Waals surface area contributed by atoms with E-state index < -0.39 is 4.92 Å². The average molecular weight is 346 g/mol. The molecule has 0 radical (unpaired) electrons. The van der Waals surface area contributed by atoms with Crippen LogP contribution in [0.3, 0.4) is 0 Å². The van der Waals surface area contributed by atoms with Crippen molar-refractivity contribution < 1.29 is 9.72 Å². The number of nitrogens with zero attached hydrogens (tertiary/aromatic N) is 4. The zero-order valence-electron chi connectivity index (χ0n) is 13.7. The Morgan fingerprint density at radius 1 is 1.46 bits per heavy atom. The van der Waals surface area contributed by atoms with Crippen LogP contribution in [0.25, 0.3) is 0 Å². The van der Waals surface area contributed by atoms with Crippen molar-refractivity contribution in [1.29, 1.82) is 0 Å². The van der Waals surface area contributed by atoms with Gasteiger partial charge in [-0.1, -0.05) is 12.1 Å². The second-order valence-electron chi connectivity index (χ2n) is 5.66. The summed E-state index contributed by atoms with van der Waals surface area (Å²) in [5.74, 6) is 0.375. The summed E-state index contributed by atoms with van der Waals surface area (Å²) < 4.78 is 1.42. The number of hydrogen-bond acceptors (Lipinski definition) is 5. The predicted octanol–water partition coefficient (Wildman–Crippen LogP) is 3.26. The first-order valence-corrected chi connectivity index (χ1v) is 8.71. The Labute approximate surface area is 143 Å². The number of aryl methyl sites for hydroxylation is 2. The van der Waals surface area contributed by atoms with Crippen LogP contribution in [0.5, 0.6) is 0 Å². The number of fused-ring (bicyclic) bond motifs is 1. The van der Waals surface area contributed by atoms with E-state index in [4.69, 9.17) is 0 Å². The number of aromatic nitrogens is 2. The van der Waals surface area contributed by atoms with Gasteiger partial charge in [0.15, 0.2) is 0 Å². The molecular formula is C16H18N4O3S. The van der Waals surface area contributed by atoms with Crippen LogP contribution in [0.1, 0.15) is 30.0 Å². The molecule has 2 heterocycles. The summed E-state index contributed by atoms with van der Waals surface area (Å²) in [4.78, 5) is 26.8. The number of thioether (sulfide) groups is 1. The van der Waals surface area contributed by atoms with Gasteiger partial charge in [0, 0.05) is 23.2 Å². The van der Waals surface area contributed by atoms with E-state index in [1.54, 1.807) is 23.6 Å². The van der Waals surface area contributed by atoms with Crippen molar-refractivity contribution >= 4 is 29.0 Å². The van der Waals surface area contributed by atoms with Gasteiger partial charge in [-0.2, -0.15) is 5.10 Å². The van der Waals surface area contributed by atoms with E-state index in [0.717, 1.165) is 16.3 Å². The van der Waals surface area contributed by atoms with Crippen LogP contribution in [-0.2, 0) is 6.54 Å². The molecule has 3 rings (SSSR count). The van der Waals surface area contributed by atoms with E-state index >= 15 is 0 Å². The molecule has 7 nitrogen and oxygen atoms in total. The summed E-state index contributed by atoms with van der Waals surface area (Å²) in [6.45, 7) is 5.72. The number of rotatable bonds is 3. The largest absolute Gasteiger partial charge is 0.322 e. The fraction of sp³-hybridized carbons (Fsp3) is 0.375. The van der Waals surface area contributed by atoms with Gasteiger partial charge in [0.2, 0.25) is 5.69 Å². The first kappa shape index (κ1) is 16.5. The first-order valence-electron chi connectivity index (χ1n) is 7.72. The fourth-order valence-corrected chi connectivity index (χ4v) is 4.01. The number of hydrogen-bond donors (Lipinski definition) is 0. The maximum absolute atomic E-state index is 13.2. The molecule has 0 unspecified atom stereocenters. The highest BCUT2D eigenvalue weighted by Gasteiger charge is 2.37. The lowest BCUT2D eigenvalue weighted by atomic mass is 10.2. The highest BCUT2D eigenvalue weighted by Crippen LogP contribution is 2.39. The van der Waals surface area contributed by atoms with Gasteiger partial charge in [-0.3, -0.25) is 19.6 Å². The molecule has 8 heteroatoms. The second-order valence-corrected chi connectivity index (χ2v) is 6.72. The minimum absolute atomic E-state index is 0.0496. The normalized spacial score (nSPS) is 16.8. The molecule has 1 aromatic carbocycles. The molecule has 0 bridgehead atoms. The lowest BCUT2D eigenvalue weighted by Gasteiger charge is -2.34. The quantitative estimate of drug-likeness (QED) is 0.629. The van der Waals surface area contributed by atoms with Gasteiger partial charge >= 0.3 is 5.69 Å². The molecule has 1 aromatic heterocycles. The van der Waals surface area contributed by atoms with Crippen LogP contribution < -0.4 is 4.90 Å². The van der Waals surface area contributed by atoms with Crippen molar-refractivity contribution in [2.24, 2.45) is 0 Å². The lowest BCUT2D eigenvalue weighted by molar-refractivity contribution is -0.385. The smallest absolute Gasteiger partial charge is 0.302 e. The average Bonchev–Trinajstić information content (AvgIpc) is 2.91. The molecule has 126 valence electrons. The molecule has 2 aromatic rings. The Kier molecular flexibility index (Phi) is 4.31. The van der Waals surface area contributed by atoms with Crippen molar-refractivity contribution in [3.63, 3.8) is 0 Å². The Morgan fingerprint density at radius 3 is 2.83 bits per heavy atom. The number of carbonyl (C=O) groups excluding carboxylic acids is 1. The Balaban J connectivity index is 2.15. The van der Waals surface area contributed by atoms with Crippen molar-refractivity contribution in [2.45, 2.75) is 38.3 Å². The summed E-state index contributed by atoms with van der Waals surface area (Å²) in [6, 6.07) is 7.57. The molecule has 0 N–H and O–H groups in total. The molecule has 1 aliphatic heterocycles. The number of anilines is 1. The maximum atomic E-state index is 13.2. The molecular weight excluding hydrogens is 328 g/mol. The van der Waals surface area contributed by atoms with Gasteiger partial charge in [0.1, 0.15) is 5.69 Å². The summed E-state index contributed by atoms with van der Waals surface area (Å²) >= 11 is 1.69. The molecule has 0 aliphatic carbocycles. The minimum atomic E-state index is -0.517. The third-order valence-corrected chi connectivity index (χ3v) is 5.35. The van der Waals surface area contributed by atoms with Gasteiger partial charge in [-0.05, 0) is 32.9 Å². The Morgan fingerprint density at radius 2 is 2.17 bits per heavy atom. The zero-order valence-corrected chi connectivity index (χ0v) is 14.5. The van der Waals surface area contributed by atoms with E-state index in [0.29, 0.717) is 6.54 Å². The van der Waals surface area contributed by atoms with E-state index in [1.807, 2.05) is 38.1 Å². The van der Waals surface area contributed by atoms with Crippen LogP contribution in [0.4, 0.5) is 11.4 Å². The lowest BCUT2D eigenvalue weighted by Crippen LogP contribution is -2.43. The molecule has 0 spiro atoms. The number of nitro groups is 1. The van der Waals surface area contributed by atoms with E-state index in [-0.39, 0.29) is 29.0 Å². The second kappa shape index (κ2) is 6.27. The SMILES string of the molecule is CCn1nc(C)c([N+](=O)[O-])c1C(=O)N1c2ccccc2SC[C@H]1C. The zero-order chi connectivity index (χ0) is 17.4. The van der Waals surface area contributed by atoms with Gasteiger partial charge < -0.3 is 4.90 Å². The highest BCUT2D eigenvalue weighted by atomic mass is 32.2. The van der Waals surface area contributed by atoms with E-state index in [2.05, 4.69) is 5.10 Å².